The first-order valence-corrected chi connectivity index (χ1v) is 15.8. The molecule has 13 heteroatoms. The predicted octanol–water partition coefficient (Wildman–Crippen LogP) is 7.88. The lowest BCUT2D eigenvalue weighted by Gasteiger charge is -2.14. The lowest BCUT2D eigenvalue weighted by Crippen LogP contribution is -2.20. The molecule has 0 fully saturated rings. The van der Waals surface area contributed by atoms with Gasteiger partial charge in [-0.05, 0) is 68.1 Å². The Balaban J connectivity index is 0.000000274. The number of hydrogen-bond donors (Lipinski definition) is 2. The van der Waals surface area contributed by atoms with Gasteiger partial charge in [0.15, 0.2) is 9.84 Å². The van der Waals surface area contributed by atoms with E-state index in [4.69, 9.17) is 33.6 Å². The van der Waals surface area contributed by atoms with E-state index in [9.17, 15) is 26.8 Å². The maximum atomic E-state index is 13.4. The average Bonchev–Trinajstić information content (AvgIpc) is 3.03. The van der Waals surface area contributed by atoms with E-state index in [1.54, 1.807) is 36.4 Å². The van der Waals surface area contributed by atoms with Crippen LogP contribution in [0.5, 0.6) is 0 Å². The number of sulfone groups is 1. The zero-order valence-electron chi connectivity index (χ0n) is 25.2. The van der Waals surface area contributed by atoms with E-state index < -0.39 is 33.2 Å². The van der Waals surface area contributed by atoms with Crippen molar-refractivity contribution in [2.75, 3.05) is 6.54 Å². The second-order valence-electron chi connectivity index (χ2n) is 9.63. The van der Waals surface area contributed by atoms with Crippen molar-refractivity contribution in [3.05, 3.63) is 123 Å². The summed E-state index contributed by atoms with van der Waals surface area (Å²) >= 11 is 12.6. The number of aliphatic carboxylic acids is 1. The van der Waals surface area contributed by atoms with Crippen LogP contribution in [0, 0.1) is 36.8 Å². The highest BCUT2D eigenvalue weighted by molar-refractivity contribution is 7.90. The topological polar surface area (TPSA) is 137 Å². The second-order valence-corrected chi connectivity index (χ2v) is 12.4. The number of carbonyl (C=O) groups is 2. The van der Waals surface area contributed by atoms with Gasteiger partial charge in [-0.25, -0.2) is 17.2 Å². The van der Waals surface area contributed by atoms with Crippen molar-refractivity contribution in [3.8, 4) is 17.2 Å². The Morgan fingerprint density at radius 1 is 1.04 bits per heavy atom. The number of carboxylic acid groups (broad SMARTS) is 1. The summed E-state index contributed by atoms with van der Waals surface area (Å²) in [7, 11) is -3.59. The molecular weight excluding hydrogens is 671 g/mol. The van der Waals surface area contributed by atoms with E-state index >= 15 is 0 Å². The van der Waals surface area contributed by atoms with Gasteiger partial charge in [-0.3, -0.25) is 14.6 Å². The molecule has 0 unspecified atom stereocenters. The molecule has 0 bridgehead atoms. The van der Waals surface area contributed by atoms with Gasteiger partial charge in [-0.1, -0.05) is 66.2 Å². The van der Waals surface area contributed by atoms with E-state index in [2.05, 4.69) is 18.3 Å². The summed E-state index contributed by atoms with van der Waals surface area (Å²) in [6.07, 6.45) is 2.07. The van der Waals surface area contributed by atoms with Crippen LogP contribution in [0.3, 0.4) is 0 Å². The van der Waals surface area contributed by atoms with Crippen LogP contribution in [-0.2, 0) is 25.2 Å². The molecule has 0 saturated heterocycles. The van der Waals surface area contributed by atoms with Gasteiger partial charge in [0, 0.05) is 22.3 Å². The number of carbonyl (C=O) groups excluding carboxylic acids is 1. The molecule has 0 aliphatic rings. The summed E-state index contributed by atoms with van der Waals surface area (Å²) in [5.41, 5.74) is 4.42. The maximum Gasteiger partial charge on any atom is 0.322 e. The standard InChI is InChI=1S/C17H12Cl2N2.C14H12F2O2S.C3H5NO3/c1-4-12-10(2)5-6-13(17(12)21-3)16-14(18)7-11(9-20)8-15(16)19;1-10-13(15)7-11(8-14(10)16)9-19(17,18)12-5-3-2-4-6-12;5-2-4-1-3(6)7/h4-8H,1,3H2,2H3;2-8H,9H2,1H3;2H,1H2,(H,4,5)(H,6,7). The lowest BCUT2D eigenvalue weighted by molar-refractivity contribution is -0.136. The van der Waals surface area contributed by atoms with Gasteiger partial charge >= 0.3 is 5.97 Å². The zero-order chi connectivity index (χ0) is 35.3. The first kappa shape index (κ1) is 38.3. The Morgan fingerprint density at radius 3 is 2.06 bits per heavy atom. The van der Waals surface area contributed by atoms with Crippen LogP contribution in [0.1, 0.15) is 27.8 Å². The van der Waals surface area contributed by atoms with Crippen molar-refractivity contribution in [2.45, 2.75) is 24.5 Å². The third-order valence-corrected chi connectivity index (χ3v) is 8.67. The van der Waals surface area contributed by atoms with Gasteiger partial charge in [-0.15, -0.1) is 0 Å². The van der Waals surface area contributed by atoms with E-state index in [0.717, 1.165) is 28.8 Å². The third-order valence-electron chi connectivity index (χ3n) is 6.37. The molecule has 0 aromatic heterocycles. The number of aryl methyl sites for hydroxylation is 1. The Labute approximate surface area is 281 Å². The molecule has 0 heterocycles. The molecule has 4 rings (SSSR count). The Bertz CT molecular complexity index is 1900. The van der Waals surface area contributed by atoms with E-state index in [1.807, 2.05) is 30.4 Å². The number of benzene rings is 4. The van der Waals surface area contributed by atoms with Crippen molar-refractivity contribution in [1.29, 1.82) is 5.26 Å². The minimum atomic E-state index is -3.59. The first-order valence-electron chi connectivity index (χ1n) is 13.4. The predicted molar refractivity (Wildman–Crippen MR) is 181 cm³/mol. The number of carboxylic acids is 1. The third kappa shape index (κ3) is 10.6. The van der Waals surface area contributed by atoms with Crippen molar-refractivity contribution >= 4 is 63.9 Å². The summed E-state index contributed by atoms with van der Waals surface area (Å²) in [5.74, 6) is -2.94. The van der Waals surface area contributed by atoms with Gasteiger partial charge in [0.05, 0.1) is 38.0 Å². The Hall–Kier alpha value is -4.89. The molecule has 0 atom stereocenters. The summed E-state index contributed by atoms with van der Waals surface area (Å²) in [6.45, 7) is 10.4. The molecule has 0 radical (unpaired) electrons. The quantitative estimate of drug-likeness (QED) is 0.135. The van der Waals surface area contributed by atoms with Crippen LogP contribution in [0.4, 0.5) is 14.5 Å². The fourth-order valence-corrected chi connectivity index (χ4v) is 6.11. The van der Waals surface area contributed by atoms with E-state index in [-0.39, 0.29) is 22.6 Å². The lowest BCUT2D eigenvalue weighted by atomic mass is 9.96. The number of nitrogens with zero attached hydrogens (tertiary/aromatic N) is 2. The fraction of sp³-hybridized carbons (Fsp3) is 0.118. The highest BCUT2D eigenvalue weighted by Gasteiger charge is 2.18. The Morgan fingerprint density at radius 2 is 1.62 bits per heavy atom. The minimum Gasteiger partial charge on any atom is -0.480 e. The van der Waals surface area contributed by atoms with Crippen molar-refractivity contribution < 1.29 is 31.9 Å². The average molecular weight is 701 g/mol. The van der Waals surface area contributed by atoms with Crippen molar-refractivity contribution in [1.82, 2.24) is 5.32 Å². The molecule has 0 aliphatic heterocycles. The summed E-state index contributed by atoms with van der Waals surface area (Å²) in [6, 6.07) is 19.0. The van der Waals surface area contributed by atoms with E-state index in [0.29, 0.717) is 33.3 Å². The van der Waals surface area contributed by atoms with Gasteiger partial charge in [0.2, 0.25) is 6.41 Å². The second kappa shape index (κ2) is 17.7. The molecule has 244 valence electrons. The number of nitriles is 1. The van der Waals surface area contributed by atoms with Crippen LogP contribution in [-0.4, -0.2) is 39.2 Å². The van der Waals surface area contributed by atoms with Gasteiger partial charge in [0.25, 0.3) is 0 Å². The van der Waals surface area contributed by atoms with Crippen LogP contribution in [0.2, 0.25) is 10.0 Å². The molecule has 1 amide bonds. The smallest absolute Gasteiger partial charge is 0.322 e. The summed E-state index contributed by atoms with van der Waals surface area (Å²) in [4.78, 5) is 23.1. The number of aliphatic imine (C=N–C) groups is 1. The zero-order valence-corrected chi connectivity index (χ0v) is 27.6. The summed E-state index contributed by atoms with van der Waals surface area (Å²) < 4.78 is 50.9. The molecule has 0 saturated carbocycles. The summed E-state index contributed by atoms with van der Waals surface area (Å²) in [5, 5.41) is 19.6. The van der Waals surface area contributed by atoms with Crippen molar-refractivity contribution in [3.63, 3.8) is 0 Å². The molecule has 4 aromatic rings. The highest BCUT2D eigenvalue weighted by atomic mass is 35.5. The van der Waals surface area contributed by atoms with E-state index in [1.165, 1.54) is 19.1 Å². The molecule has 0 aliphatic carbocycles. The molecule has 0 spiro atoms. The molecule has 4 aromatic carbocycles. The number of hydrogen-bond acceptors (Lipinski definition) is 6. The SMILES string of the molecule is C=Cc1c(C)ccc(-c2c(Cl)cc(C#N)cc2Cl)c1N=C.Cc1c(F)cc(CS(=O)(=O)c2ccccc2)cc1F.O=CNCC(=O)O. The largest absolute Gasteiger partial charge is 0.480 e. The molecule has 8 nitrogen and oxygen atoms in total. The Kier molecular flexibility index (Phi) is 14.4. The number of halogens is 4. The number of nitrogens with one attached hydrogen (secondary N) is 1. The van der Waals surface area contributed by atoms with Gasteiger partial charge in [-0.2, -0.15) is 5.26 Å². The first-order chi connectivity index (χ1) is 22.2. The maximum absolute atomic E-state index is 13.4. The number of rotatable bonds is 9. The molecular formula is C34H29Cl2F2N3O5S. The van der Waals surface area contributed by atoms with Crippen LogP contribution in [0.25, 0.3) is 17.2 Å². The van der Waals surface area contributed by atoms with Crippen LogP contribution in [0.15, 0.2) is 83.2 Å². The monoisotopic (exact) mass is 699 g/mol. The molecule has 47 heavy (non-hydrogen) atoms. The number of amides is 1. The van der Waals surface area contributed by atoms with Crippen LogP contribution < -0.4 is 5.32 Å². The van der Waals surface area contributed by atoms with Crippen LogP contribution >= 0.6 is 23.2 Å². The molecule has 2 N–H and O–H groups in total. The van der Waals surface area contributed by atoms with Crippen molar-refractivity contribution in [2.24, 2.45) is 4.99 Å². The normalized spacial score (nSPS) is 10.2. The minimum absolute atomic E-state index is 0.101. The fourth-order valence-electron chi connectivity index (χ4n) is 4.07. The van der Waals surface area contributed by atoms with Gasteiger partial charge in [0.1, 0.15) is 18.2 Å². The highest BCUT2D eigenvalue weighted by Crippen LogP contribution is 2.43. The van der Waals surface area contributed by atoms with Gasteiger partial charge < -0.3 is 10.4 Å².